The fraction of sp³-hybridized carbons (Fsp3) is 0.786. The van der Waals surface area contributed by atoms with Gasteiger partial charge in [0.15, 0.2) is 0 Å². The van der Waals surface area contributed by atoms with Gasteiger partial charge < -0.3 is 4.74 Å². The van der Waals surface area contributed by atoms with E-state index in [-0.39, 0.29) is 5.97 Å². The zero-order chi connectivity index (χ0) is 13.5. The molecule has 0 aliphatic carbocycles. The minimum Gasteiger partial charge on any atom is -0.466 e. The molecular weight excluding hydrogens is 228 g/mol. The molecule has 0 aromatic heterocycles. The van der Waals surface area contributed by atoms with Crippen LogP contribution < -0.4 is 0 Å². The molecule has 1 atom stereocenters. The summed E-state index contributed by atoms with van der Waals surface area (Å²) in [7, 11) is 1.42. The molecule has 1 aliphatic rings. The van der Waals surface area contributed by atoms with E-state index in [0.29, 0.717) is 11.6 Å². The van der Waals surface area contributed by atoms with E-state index in [2.05, 4.69) is 28.4 Å². The molecule has 4 heteroatoms. The number of likely N-dealkylation sites (tertiary alicyclic amines) is 1. The molecular formula is C14H26N2O2. The van der Waals surface area contributed by atoms with E-state index in [0.717, 1.165) is 32.7 Å². The Kier molecular flexibility index (Phi) is 6.36. The summed E-state index contributed by atoms with van der Waals surface area (Å²) in [5, 5.41) is 0. The Morgan fingerprint density at radius 2 is 2.11 bits per heavy atom. The topological polar surface area (TPSA) is 32.8 Å². The molecule has 1 rings (SSSR count). The van der Waals surface area contributed by atoms with Crippen LogP contribution in [0.5, 0.6) is 0 Å². The Morgan fingerprint density at radius 1 is 1.44 bits per heavy atom. The van der Waals surface area contributed by atoms with Crippen molar-refractivity contribution >= 4 is 5.97 Å². The second-order valence-electron chi connectivity index (χ2n) is 4.80. The van der Waals surface area contributed by atoms with Crippen molar-refractivity contribution in [3.05, 3.63) is 11.6 Å². The van der Waals surface area contributed by atoms with Crippen molar-refractivity contribution in [2.75, 3.05) is 39.8 Å². The molecule has 0 saturated carbocycles. The second kappa shape index (κ2) is 7.54. The van der Waals surface area contributed by atoms with Crippen molar-refractivity contribution in [3.63, 3.8) is 0 Å². The van der Waals surface area contributed by atoms with Gasteiger partial charge in [0.25, 0.3) is 0 Å². The number of methoxy groups -OCH3 is 1. The van der Waals surface area contributed by atoms with Crippen LogP contribution in [-0.4, -0.2) is 61.6 Å². The van der Waals surface area contributed by atoms with E-state index in [1.165, 1.54) is 13.5 Å². The summed E-state index contributed by atoms with van der Waals surface area (Å²) in [6.07, 6.45) is 3.20. The van der Waals surface area contributed by atoms with Crippen LogP contribution in [0.25, 0.3) is 0 Å². The average Bonchev–Trinajstić information content (AvgIpc) is 2.85. The molecule has 1 aliphatic heterocycles. The summed E-state index contributed by atoms with van der Waals surface area (Å²) in [6, 6.07) is 0.673. The molecule has 1 fully saturated rings. The van der Waals surface area contributed by atoms with Crippen LogP contribution in [0.2, 0.25) is 0 Å². The molecule has 104 valence electrons. The van der Waals surface area contributed by atoms with Gasteiger partial charge in [-0.05, 0) is 26.4 Å². The van der Waals surface area contributed by atoms with E-state index in [9.17, 15) is 4.79 Å². The summed E-state index contributed by atoms with van der Waals surface area (Å²) in [4.78, 5) is 16.2. The first-order chi connectivity index (χ1) is 8.62. The normalized spacial score (nSPS) is 21.6. The highest BCUT2D eigenvalue weighted by atomic mass is 16.5. The molecule has 0 aromatic rings. The number of carbonyl (C=O) groups is 1. The number of likely N-dealkylation sites (N-methyl/N-ethyl adjacent to an activating group) is 1. The summed E-state index contributed by atoms with van der Waals surface area (Å²) < 4.78 is 4.69. The Hall–Kier alpha value is -0.870. The van der Waals surface area contributed by atoms with Gasteiger partial charge in [-0.15, -0.1) is 0 Å². The van der Waals surface area contributed by atoms with Gasteiger partial charge in [-0.1, -0.05) is 19.9 Å². The first kappa shape index (κ1) is 15.2. The molecule has 0 amide bonds. The van der Waals surface area contributed by atoms with Crippen molar-refractivity contribution in [1.29, 1.82) is 0 Å². The summed E-state index contributed by atoms with van der Waals surface area (Å²) in [5.41, 5.74) is 0.698. The molecule has 4 nitrogen and oxygen atoms in total. The lowest BCUT2D eigenvalue weighted by Crippen LogP contribution is -2.37. The van der Waals surface area contributed by atoms with Gasteiger partial charge in [-0.2, -0.15) is 0 Å². The second-order valence-corrected chi connectivity index (χ2v) is 4.80. The smallest absolute Gasteiger partial charge is 0.333 e. The van der Waals surface area contributed by atoms with Crippen molar-refractivity contribution in [2.45, 2.75) is 33.2 Å². The number of nitrogens with zero attached hydrogens (tertiary/aromatic N) is 2. The monoisotopic (exact) mass is 254 g/mol. The fourth-order valence-electron chi connectivity index (χ4n) is 2.53. The Morgan fingerprint density at radius 3 is 2.67 bits per heavy atom. The van der Waals surface area contributed by atoms with E-state index >= 15 is 0 Å². The van der Waals surface area contributed by atoms with Gasteiger partial charge in [0.2, 0.25) is 0 Å². The van der Waals surface area contributed by atoms with Crippen LogP contribution in [0.3, 0.4) is 0 Å². The standard InChI is InChI=1S/C14H26N2O2/c1-5-16(6-2)13-8-10-15(11-13)9-7-12(3)14(17)18-4/h7,13H,5-6,8-11H2,1-4H3. The van der Waals surface area contributed by atoms with Crippen LogP contribution in [-0.2, 0) is 9.53 Å². The van der Waals surface area contributed by atoms with Crippen molar-refractivity contribution in [3.8, 4) is 0 Å². The molecule has 1 unspecified atom stereocenters. The summed E-state index contributed by atoms with van der Waals surface area (Å²) in [6.45, 7) is 11.5. The molecule has 0 N–H and O–H groups in total. The molecule has 0 bridgehead atoms. The Labute approximate surface area is 111 Å². The lowest BCUT2D eigenvalue weighted by molar-refractivity contribution is -0.136. The largest absolute Gasteiger partial charge is 0.466 e. The number of ether oxygens (including phenoxy) is 1. The average molecular weight is 254 g/mol. The van der Waals surface area contributed by atoms with E-state index < -0.39 is 0 Å². The number of esters is 1. The molecule has 18 heavy (non-hydrogen) atoms. The molecule has 0 radical (unpaired) electrons. The van der Waals surface area contributed by atoms with Crippen LogP contribution >= 0.6 is 0 Å². The Bertz CT molecular complexity index is 298. The summed E-state index contributed by atoms with van der Waals surface area (Å²) in [5.74, 6) is -0.227. The van der Waals surface area contributed by atoms with Gasteiger partial charge in [0.05, 0.1) is 7.11 Å². The zero-order valence-electron chi connectivity index (χ0n) is 12.1. The maximum atomic E-state index is 11.3. The van der Waals surface area contributed by atoms with Gasteiger partial charge in [-0.3, -0.25) is 9.80 Å². The van der Waals surface area contributed by atoms with Crippen molar-refractivity contribution in [2.24, 2.45) is 0 Å². The molecule has 1 heterocycles. The third-order valence-electron chi connectivity index (χ3n) is 3.74. The zero-order valence-corrected chi connectivity index (χ0v) is 12.1. The fourth-order valence-corrected chi connectivity index (χ4v) is 2.53. The quantitative estimate of drug-likeness (QED) is 0.531. The van der Waals surface area contributed by atoms with Gasteiger partial charge in [0, 0.05) is 31.2 Å². The number of hydrogen-bond donors (Lipinski definition) is 0. The third-order valence-corrected chi connectivity index (χ3v) is 3.74. The number of rotatable bonds is 6. The highest BCUT2D eigenvalue weighted by Gasteiger charge is 2.25. The van der Waals surface area contributed by atoms with E-state index in [4.69, 9.17) is 0 Å². The van der Waals surface area contributed by atoms with E-state index in [1.54, 1.807) is 0 Å². The van der Waals surface area contributed by atoms with Gasteiger partial charge in [-0.25, -0.2) is 4.79 Å². The van der Waals surface area contributed by atoms with Gasteiger partial charge in [0.1, 0.15) is 0 Å². The van der Waals surface area contributed by atoms with Crippen LogP contribution in [0.15, 0.2) is 11.6 Å². The predicted molar refractivity (Wildman–Crippen MR) is 73.5 cm³/mol. The van der Waals surface area contributed by atoms with Crippen molar-refractivity contribution < 1.29 is 9.53 Å². The number of hydrogen-bond acceptors (Lipinski definition) is 4. The van der Waals surface area contributed by atoms with E-state index in [1.807, 2.05) is 13.0 Å². The summed E-state index contributed by atoms with van der Waals surface area (Å²) >= 11 is 0. The maximum absolute atomic E-state index is 11.3. The highest BCUT2D eigenvalue weighted by molar-refractivity contribution is 5.87. The lowest BCUT2D eigenvalue weighted by atomic mass is 10.2. The van der Waals surface area contributed by atoms with Gasteiger partial charge >= 0.3 is 5.97 Å². The van der Waals surface area contributed by atoms with Crippen molar-refractivity contribution in [1.82, 2.24) is 9.80 Å². The van der Waals surface area contributed by atoms with Crippen LogP contribution in [0, 0.1) is 0 Å². The molecule has 1 saturated heterocycles. The molecule has 0 spiro atoms. The lowest BCUT2D eigenvalue weighted by Gasteiger charge is -2.26. The van der Waals surface area contributed by atoms with Crippen LogP contribution in [0.1, 0.15) is 27.2 Å². The van der Waals surface area contributed by atoms with Crippen LogP contribution in [0.4, 0.5) is 0 Å². The maximum Gasteiger partial charge on any atom is 0.333 e. The molecule has 0 aromatic carbocycles. The predicted octanol–water partition coefficient (Wildman–Crippen LogP) is 1.52. The SMILES string of the molecule is CCN(CC)C1CCN(CC=C(C)C(=O)OC)C1. The minimum absolute atomic E-state index is 0.227. The minimum atomic E-state index is -0.227. The highest BCUT2D eigenvalue weighted by Crippen LogP contribution is 2.15. The number of carbonyl (C=O) groups excluding carboxylic acids is 1. The first-order valence-corrected chi connectivity index (χ1v) is 6.83. The first-order valence-electron chi connectivity index (χ1n) is 6.83. The Balaban J connectivity index is 2.41. The third kappa shape index (κ3) is 4.10.